The van der Waals surface area contributed by atoms with Crippen molar-refractivity contribution in [2.24, 2.45) is 0 Å². The van der Waals surface area contributed by atoms with E-state index < -0.39 is 5.91 Å². The molecule has 0 saturated heterocycles. The highest BCUT2D eigenvalue weighted by Crippen LogP contribution is 2.26. The molecule has 2 aromatic rings. The summed E-state index contributed by atoms with van der Waals surface area (Å²) in [6.45, 7) is 3.89. The molecule has 0 fully saturated rings. The van der Waals surface area contributed by atoms with Crippen LogP contribution in [0.25, 0.3) is 0 Å². The van der Waals surface area contributed by atoms with Gasteiger partial charge in [0.15, 0.2) is 0 Å². The summed E-state index contributed by atoms with van der Waals surface area (Å²) in [6.07, 6.45) is 1.38. The molecule has 0 aliphatic rings. The number of carbonyl (C=O) groups excluding carboxylic acids is 1. The number of ether oxygens (including phenoxy) is 1. The standard InChI is InChI=1S/C19H18BrN3O2/c1-12-4-6-16(15(20)8-12)22-11-14(10-21)19(24)23-17-9-13(2)5-7-18(17)25-3/h4-9,11,22H,1-3H3,(H,23,24)/b14-11-. The van der Waals surface area contributed by atoms with Crippen LogP contribution in [0.5, 0.6) is 5.75 Å². The zero-order valence-corrected chi connectivity index (χ0v) is 15.8. The number of methoxy groups -OCH3 is 1. The fourth-order valence-electron chi connectivity index (χ4n) is 2.14. The lowest BCUT2D eigenvalue weighted by molar-refractivity contribution is -0.112. The van der Waals surface area contributed by atoms with Gasteiger partial charge >= 0.3 is 0 Å². The van der Waals surface area contributed by atoms with E-state index in [4.69, 9.17) is 4.74 Å². The van der Waals surface area contributed by atoms with Gasteiger partial charge in [0.25, 0.3) is 5.91 Å². The van der Waals surface area contributed by atoms with Crippen LogP contribution in [0.15, 0.2) is 52.6 Å². The molecule has 2 rings (SSSR count). The van der Waals surface area contributed by atoms with Crippen LogP contribution >= 0.6 is 15.9 Å². The van der Waals surface area contributed by atoms with Gasteiger partial charge in [-0.3, -0.25) is 4.79 Å². The fourth-order valence-corrected chi connectivity index (χ4v) is 2.75. The molecule has 25 heavy (non-hydrogen) atoms. The van der Waals surface area contributed by atoms with Crippen molar-refractivity contribution in [2.45, 2.75) is 13.8 Å². The van der Waals surface area contributed by atoms with Crippen LogP contribution < -0.4 is 15.4 Å². The van der Waals surface area contributed by atoms with Crippen molar-refractivity contribution >= 4 is 33.2 Å². The SMILES string of the molecule is COc1ccc(C)cc1NC(=O)/C(C#N)=C\Nc1ccc(C)cc1Br. The number of aryl methyl sites for hydroxylation is 2. The maximum Gasteiger partial charge on any atom is 0.267 e. The third-order valence-electron chi connectivity index (χ3n) is 3.46. The van der Waals surface area contributed by atoms with Gasteiger partial charge in [-0.25, -0.2) is 0 Å². The van der Waals surface area contributed by atoms with Crippen molar-refractivity contribution < 1.29 is 9.53 Å². The second kappa shape index (κ2) is 8.36. The number of carbonyl (C=O) groups is 1. The van der Waals surface area contributed by atoms with Crippen LogP contribution in [0.3, 0.4) is 0 Å². The highest BCUT2D eigenvalue weighted by atomic mass is 79.9. The summed E-state index contributed by atoms with van der Waals surface area (Å²) < 4.78 is 6.08. The normalized spacial score (nSPS) is 10.8. The molecule has 0 aliphatic carbocycles. The highest BCUT2D eigenvalue weighted by molar-refractivity contribution is 9.10. The predicted molar refractivity (Wildman–Crippen MR) is 103 cm³/mol. The Kier molecular flexibility index (Phi) is 6.20. The predicted octanol–water partition coefficient (Wildman–Crippen LogP) is 4.53. The van der Waals surface area contributed by atoms with E-state index >= 15 is 0 Å². The summed E-state index contributed by atoms with van der Waals surface area (Å²) in [5.41, 5.74) is 3.31. The molecule has 0 heterocycles. The molecule has 2 aromatic carbocycles. The summed E-state index contributed by atoms with van der Waals surface area (Å²) in [7, 11) is 1.53. The van der Waals surface area contributed by atoms with E-state index in [1.165, 1.54) is 13.3 Å². The molecule has 6 heteroatoms. The third-order valence-corrected chi connectivity index (χ3v) is 4.12. The van der Waals surface area contributed by atoms with E-state index in [9.17, 15) is 10.1 Å². The highest BCUT2D eigenvalue weighted by Gasteiger charge is 2.12. The van der Waals surface area contributed by atoms with Crippen molar-refractivity contribution in [1.29, 1.82) is 5.26 Å². The number of anilines is 2. The van der Waals surface area contributed by atoms with Crippen molar-refractivity contribution in [3.05, 3.63) is 63.8 Å². The molecule has 0 spiro atoms. The first-order chi connectivity index (χ1) is 11.9. The van der Waals surface area contributed by atoms with Gasteiger partial charge in [-0.05, 0) is 65.2 Å². The van der Waals surface area contributed by atoms with Gasteiger partial charge in [0.05, 0.1) is 18.5 Å². The first-order valence-electron chi connectivity index (χ1n) is 7.53. The Morgan fingerprint density at radius 1 is 1.16 bits per heavy atom. The van der Waals surface area contributed by atoms with Gasteiger partial charge in [0, 0.05) is 10.7 Å². The van der Waals surface area contributed by atoms with Crippen molar-refractivity contribution in [3.8, 4) is 11.8 Å². The molecule has 5 nitrogen and oxygen atoms in total. The third kappa shape index (κ3) is 4.85. The number of nitrogens with one attached hydrogen (secondary N) is 2. The number of hydrogen-bond donors (Lipinski definition) is 2. The number of halogens is 1. The minimum absolute atomic E-state index is 0.0453. The van der Waals surface area contributed by atoms with E-state index in [2.05, 4.69) is 26.6 Å². The van der Waals surface area contributed by atoms with Crippen LogP contribution in [-0.4, -0.2) is 13.0 Å². The summed E-state index contributed by atoms with van der Waals surface area (Å²) in [4.78, 5) is 12.4. The number of benzene rings is 2. The van der Waals surface area contributed by atoms with Crippen LogP contribution in [0.4, 0.5) is 11.4 Å². The molecule has 0 aromatic heterocycles. The second-order valence-electron chi connectivity index (χ2n) is 5.46. The summed E-state index contributed by atoms with van der Waals surface area (Å²) in [6, 6.07) is 13.1. The molecule has 1 amide bonds. The molecule has 0 atom stereocenters. The molecular weight excluding hydrogens is 382 g/mol. The summed E-state index contributed by atoms with van der Waals surface area (Å²) >= 11 is 3.45. The van der Waals surface area contributed by atoms with Crippen molar-refractivity contribution in [1.82, 2.24) is 0 Å². The van der Waals surface area contributed by atoms with Crippen LogP contribution in [0.1, 0.15) is 11.1 Å². The minimum Gasteiger partial charge on any atom is -0.495 e. The van der Waals surface area contributed by atoms with E-state index in [1.807, 2.05) is 44.2 Å². The largest absolute Gasteiger partial charge is 0.495 e. The van der Waals surface area contributed by atoms with Crippen molar-refractivity contribution in [2.75, 3.05) is 17.7 Å². The van der Waals surface area contributed by atoms with E-state index in [0.29, 0.717) is 11.4 Å². The Morgan fingerprint density at radius 2 is 1.84 bits per heavy atom. The Labute approximate surface area is 155 Å². The van der Waals surface area contributed by atoms with E-state index in [1.54, 1.807) is 12.1 Å². The minimum atomic E-state index is -0.512. The number of amides is 1. The van der Waals surface area contributed by atoms with Crippen LogP contribution in [0, 0.1) is 25.2 Å². The molecule has 128 valence electrons. The van der Waals surface area contributed by atoms with E-state index in [-0.39, 0.29) is 5.57 Å². The number of rotatable bonds is 5. The first kappa shape index (κ1) is 18.6. The Balaban J connectivity index is 2.18. The quantitative estimate of drug-likeness (QED) is 0.571. The van der Waals surface area contributed by atoms with Crippen LogP contribution in [0.2, 0.25) is 0 Å². The topological polar surface area (TPSA) is 74.1 Å². The summed E-state index contributed by atoms with van der Waals surface area (Å²) in [5, 5.41) is 15.0. The van der Waals surface area contributed by atoms with Gasteiger partial charge in [0.1, 0.15) is 17.4 Å². The lowest BCUT2D eigenvalue weighted by Gasteiger charge is -2.11. The smallest absolute Gasteiger partial charge is 0.267 e. The number of hydrogen-bond acceptors (Lipinski definition) is 4. The Hall–Kier alpha value is -2.78. The van der Waals surface area contributed by atoms with Gasteiger partial charge in [-0.1, -0.05) is 12.1 Å². The lowest BCUT2D eigenvalue weighted by Crippen LogP contribution is -2.15. The van der Waals surface area contributed by atoms with Gasteiger partial charge in [0.2, 0.25) is 0 Å². The monoisotopic (exact) mass is 399 g/mol. The molecule has 0 unspecified atom stereocenters. The average molecular weight is 400 g/mol. The molecular formula is C19H18BrN3O2. The zero-order valence-electron chi connectivity index (χ0n) is 14.2. The Morgan fingerprint density at radius 3 is 2.48 bits per heavy atom. The molecule has 2 N–H and O–H groups in total. The van der Waals surface area contributed by atoms with Gasteiger partial charge in [-0.15, -0.1) is 0 Å². The Bertz CT molecular complexity index is 869. The second-order valence-corrected chi connectivity index (χ2v) is 6.31. The molecule has 0 aliphatic heterocycles. The molecule has 0 bridgehead atoms. The first-order valence-corrected chi connectivity index (χ1v) is 8.33. The lowest BCUT2D eigenvalue weighted by atomic mass is 10.2. The van der Waals surface area contributed by atoms with Gasteiger partial charge < -0.3 is 15.4 Å². The maximum atomic E-state index is 12.4. The number of nitrogens with zero attached hydrogens (tertiary/aromatic N) is 1. The number of nitriles is 1. The average Bonchev–Trinajstić information content (AvgIpc) is 2.57. The van der Waals surface area contributed by atoms with Gasteiger partial charge in [-0.2, -0.15) is 5.26 Å². The van der Waals surface area contributed by atoms with E-state index in [0.717, 1.165) is 21.3 Å². The molecule has 0 saturated carbocycles. The van der Waals surface area contributed by atoms with Crippen LogP contribution in [-0.2, 0) is 4.79 Å². The molecule has 0 radical (unpaired) electrons. The summed E-state index contributed by atoms with van der Waals surface area (Å²) in [5.74, 6) is 0.0209. The maximum absolute atomic E-state index is 12.4. The fraction of sp³-hybridized carbons (Fsp3) is 0.158. The van der Waals surface area contributed by atoms with Crippen molar-refractivity contribution in [3.63, 3.8) is 0 Å². The zero-order chi connectivity index (χ0) is 18.4.